The van der Waals surface area contributed by atoms with Crippen molar-refractivity contribution < 1.29 is 4.79 Å². The number of carbonyl (C=O) groups excluding carboxylic acids is 1. The lowest BCUT2D eigenvalue weighted by Crippen LogP contribution is -2.33. The minimum absolute atomic E-state index is 0.0928. The van der Waals surface area contributed by atoms with Crippen LogP contribution >= 0.6 is 0 Å². The first-order chi connectivity index (χ1) is 12.8. The topological polar surface area (TPSA) is 23.3 Å². The van der Waals surface area contributed by atoms with Gasteiger partial charge in [0.2, 0.25) is 5.91 Å². The van der Waals surface area contributed by atoms with Crippen LogP contribution in [-0.4, -0.2) is 16.8 Å². The van der Waals surface area contributed by atoms with Crippen LogP contribution in [0, 0.1) is 0 Å². The highest BCUT2D eigenvalue weighted by molar-refractivity contribution is 5.94. The largest absolute Gasteiger partial charge is 0.347 e. The summed E-state index contributed by atoms with van der Waals surface area (Å²) in [4.78, 5) is 17.6. The Morgan fingerprint density at radius 3 is 2.19 bits per heavy atom. The Balaban J connectivity index is 1.53. The van der Waals surface area contributed by atoms with Crippen LogP contribution in [0.15, 0.2) is 84.9 Å². The van der Waals surface area contributed by atoms with Crippen molar-refractivity contribution in [1.29, 1.82) is 0 Å². The van der Waals surface area contributed by atoms with E-state index in [-0.39, 0.29) is 18.0 Å². The molecule has 2 heterocycles. The summed E-state index contributed by atoms with van der Waals surface area (Å²) in [6, 6.07) is 29.1. The van der Waals surface area contributed by atoms with E-state index in [2.05, 4.69) is 53.4 Å². The van der Waals surface area contributed by atoms with E-state index in [1.807, 2.05) is 41.3 Å². The fourth-order valence-corrected chi connectivity index (χ4v) is 4.08. The smallest absolute Gasteiger partial charge is 0.248 e. The molecule has 0 bridgehead atoms. The standard InChI is InChI=1S/C23H20N2O/c26-23-22-21(18-11-5-2-6-12-18)25(22)20-14-8-7-13-19(20)16-24(23)15-17-9-3-1-4-10-17/h1-14,21-22H,15-16H2/t21-,22+,25?/m0/s1. The summed E-state index contributed by atoms with van der Waals surface area (Å²) in [5.74, 6) is 0.221. The van der Waals surface area contributed by atoms with Gasteiger partial charge >= 0.3 is 0 Å². The fraction of sp³-hybridized carbons (Fsp3) is 0.174. The predicted molar refractivity (Wildman–Crippen MR) is 103 cm³/mol. The molecule has 0 N–H and O–H groups in total. The Bertz CT molecular complexity index is 935. The van der Waals surface area contributed by atoms with Gasteiger partial charge in [0.05, 0.1) is 6.04 Å². The Labute approximate surface area is 153 Å². The molecule has 0 spiro atoms. The Kier molecular flexibility index (Phi) is 3.52. The number of rotatable bonds is 3. The molecule has 26 heavy (non-hydrogen) atoms. The number of anilines is 1. The summed E-state index contributed by atoms with van der Waals surface area (Å²) < 4.78 is 0. The van der Waals surface area contributed by atoms with Crippen molar-refractivity contribution in [3.05, 3.63) is 102 Å². The van der Waals surface area contributed by atoms with Crippen molar-refractivity contribution in [2.24, 2.45) is 0 Å². The third-order valence-electron chi connectivity index (χ3n) is 5.36. The molecule has 3 aromatic carbocycles. The van der Waals surface area contributed by atoms with Crippen molar-refractivity contribution in [3.63, 3.8) is 0 Å². The highest BCUT2D eigenvalue weighted by Gasteiger charge is 2.56. The monoisotopic (exact) mass is 340 g/mol. The van der Waals surface area contributed by atoms with Gasteiger partial charge in [0.25, 0.3) is 0 Å². The van der Waals surface area contributed by atoms with Crippen LogP contribution in [0.1, 0.15) is 22.7 Å². The first-order valence-corrected chi connectivity index (χ1v) is 9.07. The van der Waals surface area contributed by atoms with Gasteiger partial charge in [0, 0.05) is 18.8 Å². The molecule has 0 radical (unpaired) electrons. The molecule has 0 aliphatic carbocycles. The number of para-hydroxylation sites is 1. The van der Waals surface area contributed by atoms with Gasteiger partial charge < -0.3 is 9.80 Å². The lowest BCUT2D eigenvalue weighted by Gasteiger charge is -2.22. The van der Waals surface area contributed by atoms with Crippen LogP contribution in [0.3, 0.4) is 0 Å². The van der Waals surface area contributed by atoms with Crippen molar-refractivity contribution in [2.45, 2.75) is 25.2 Å². The number of carbonyl (C=O) groups is 1. The average Bonchev–Trinajstić information content (AvgIpc) is 3.45. The second-order valence-electron chi connectivity index (χ2n) is 7.02. The molecular formula is C23H20N2O. The second-order valence-corrected chi connectivity index (χ2v) is 7.02. The molecule has 3 heteroatoms. The van der Waals surface area contributed by atoms with E-state index in [1.54, 1.807) is 0 Å². The van der Waals surface area contributed by atoms with Crippen molar-refractivity contribution in [2.75, 3.05) is 4.90 Å². The summed E-state index contributed by atoms with van der Waals surface area (Å²) in [5, 5.41) is 0. The van der Waals surface area contributed by atoms with E-state index in [0.29, 0.717) is 13.1 Å². The molecule has 0 unspecified atom stereocenters. The number of amides is 1. The van der Waals surface area contributed by atoms with Gasteiger partial charge in [-0.1, -0.05) is 78.9 Å². The molecule has 128 valence electrons. The van der Waals surface area contributed by atoms with Gasteiger partial charge in [-0.3, -0.25) is 4.79 Å². The van der Waals surface area contributed by atoms with Crippen molar-refractivity contribution in [3.8, 4) is 0 Å². The van der Waals surface area contributed by atoms with E-state index >= 15 is 0 Å². The highest BCUT2D eigenvalue weighted by Crippen LogP contribution is 2.50. The number of benzene rings is 3. The molecule has 0 saturated carbocycles. The van der Waals surface area contributed by atoms with Crippen LogP contribution in [-0.2, 0) is 17.9 Å². The first-order valence-electron chi connectivity index (χ1n) is 9.07. The van der Waals surface area contributed by atoms with Crippen LogP contribution in [0.25, 0.3) is 0 Å². The molecule has 0 aromatic heterocycles. The number of hydrogen-bond acceptors (Lipinski definition) is 2. The van der Waals surface area contributed by atoms with Gasteiger partial charge in [0.1, 0.15) is 6.04 Å². The third kappa shape index (κ3) is 2.48. The normalized spacial score (nSPS) is 21.0. The van der Waals surface area contributed by atoms with Crippen molar-refractivity contribution >= 4 is 11.6 Å². The van der Waals surface area contributed by atoms with Gasteiger partial charge in [-0.05, 0) is 22.8 Å². The number of nitrogens with zero attached hydrogens (tertiary/aromatic N) is 2. The Morgan fingerprint density at radius 2 is 1.42 bits per heavy atom. The maximum absolute atomic E-state index is 13.3. The van der Waals surface area contributed by atoms with Gasteiger partial charge in [-0.2, -0.15) is 0 Å². The van der Waals surface area contributed by atoms with Crippen molar-refractivity contribution in [1.82, 2.24) is 4.90 Å². The van der Waals surface area contributed by atoms with Crippen LogP contribution in [0.4, 0.5) is 5.69 Å². The minimum Gasteiger partial charge on any atom is -0.347 e. The summed E-state index contributed by atoms with van der Waals surface area (Å²) in [5.41, 5.74) is 4.79. The number of fused-ring (bicyclic) bond motifs is 3. The van der Waals surface area contributed by atoms with Gasteiger partial charge in [-0.25, -0.2) is 0 Å². The Hall–Kier alpha value is -3.07. The number of hydrogen-bond donors (Lipinski definition) is 0. The summed E-state index contributed by atoms with van der Waals surface area (Å²) in [6.07, 6.45) is 0. The summed E-state index contributed by atoms with van der Waals surface area (Å²) in [6.45, 7) is 1.32. The molecule has 1 amide bonds. The lowest BCUT2D eigenvalue weighted by atomic mass is 10.1. The average molecular weight is 340 g/mol. The highest BCUT2D eigenvalue weighted by atomic mass is 16.2. The molecule has 1 fully saturated rings. The van der Waals surface area contributed by atoms with Crippen LogP contribution < -0.4 is 4.90 Å². The fourth-order valence-electron chi connectivity index (χ4n) is 4.08. The third-order valence-corrected chi connectivity index (χ3v) is 5.36. The van der Waals surface area contributed by atoms with Gasteiger partial charge in [0.15, 0.2) is 0 Å². The van der Waals surface area contributed by atoms with Crippen LogP contribution in [0.5, 0.6) is 0 Å². The second kappa shape index (κ2) is 6.03. The zero-order chi connectivity index (χ0) is 17.5. The van der Waals surface area contributed by atoms with Crippen LogP contribution in [0.2, 0.25) is 0 Å². The Morgan fingerprint density at radius 1 is 0.769 bits per heavy atom. The van der Waals surface area contributed by atoms with E-state index in [0.717, 1.165) is 0 Å². The molecule has 2 aliphatic heterocycles. The SMILES string of the molecule is O=C1[C@H]2[C@H](c3ccccc3)N2c2ccccc2CN1Cc1ccccc1. The summed E-state index contributed by atoms with van der Waals surface area (Å²) in [7, 11) is 0. The maximum Gasteiger partial charge on any atom is 0.248 e. The lowest BCUT2D eigenvalue weighted by molar-refractivity contribution is -0.131. The van der Waals surface area contributed by atoms with E-state index < -0.39 is 0 Å². The van der Waals surface area contributed by atoms with E-state index in [4.69, 9.17) is 0 Å². The predicted octanol–water partition coefficient (Wildman–Crippen LogP) is 4.16. The quantitative estimate of drug-likeness (QED) is 0.669. The minimum atomic E-state index is -0.0928. The first kappa shape index (κ1) is 15.2. The van der Waals surface area contributed by atoms with E-state index in [1.165, 1.54) is 22.4 Å². The maximum atomic E-state index is 13.3. The summed E-state index contributed by atoms with van der Waals surface area (Å²) >= 11 is 0. The molecule has 5 rings (SSSR count). The van der Waals surface area contributed by atoms with E-state index in [9.17, 15) is 4.79 Å². The molecule has 3 aromatic rings. The zero-order valence-electron chi connectivity index (χ0n) is 14.5. The zero-order valence-corrected chi connectivity index (χ0v) is 14.5. The molecule has 2 atom stereocenters. The molecular weight excluding hydrogens is 320 g/mol. The van der Waals surface area contributed by atoms with Gasteiger partial charge in [-0.15, -0.1) is 0 Å². The molecule has 3 nitrogen and oxygen atoms in total. The molecule has 2 aliphatic rings. The molecule has 1 saturated heterocycles.